The van der Waals surface area contributed by atoms with Crippen molar-refractivity contribution < 1.29 is 71.6 Å². The minimum atomic E-state index is -5.73. The first-order valence-corrected chi connectivity index (χ1v) is 21.7. The average Bonchev–Trinajstić information content (AvgIpc) is 3.33. The van der Waals surface area contributed by atoms with Gasteiger partial charge in [0.25, 0.3) is 0 Å². The number of nitrogens with two attached hydrogens (primary N) is 4. The highest BCUT2D eigenvalue weighted by atomic mass is 19.4. The summed E-state index contributed by atoms with van der Waals surface area (Å²) in [5, 5.41) is 0. The number of halogens is 12. The highest BCUT2D eigenvalue weighted by molar-refractivity contribution is 5.58. The summed E-state index contributed by atoms with van der Waals surface area (Å²) < 4.78 is 195. The summed E-state index contributed by atoms with van der Waals surface area (Å²) in [4.78, 5) is 0. The van der Waals surface area contributed by atoms with Crippen LogP contribution in [0.3, 0.4) is 0 Å². The van der Waals surface area contributed by atoms with Crippen molar-refractivity contribution in [2.24, 2.45) is 0 Å². The van der Waals surface area contributed by atoms with E-state index >= 15 is 0 Å². The van der Waals surface area contributed by atoms with Gasteiger partial charge in [0.1, 0.15) is 46.0 Å². The van der Waals surface area contributed by atoms with Gasteiger partial charge in [0.15, 0.2) is 0 Å². The average molecular weight is 1040 g/mol. The number of ether oxygens (including phenoxy) is 4. The summed E-state index contributed by atoms with van der Waals surface area (Å²) >= 11 is 0. The lowest BCUT2D eigenvalue weighted by molar-refractivity contribution is -0.290. The lowest BCUT2D eigenvalue weighted by atomic mass is 9.73. The van der Waals surface area contributed by atoms with Crippen LogP contribution in [0.1, 0.15) is 22.3 Å². The second kappa shape index (κ2) is 20.8. The molecule has 0 saturated carbocycles. The Morgan fingerprint density at radius 2 is 0.392 bits per heavy atom. The fraction of sp³-hybridized carbons (Fsp3) is 0.111. The molecule has 0 aliphatic rings. The summed E-state index contributed by atoms with van der Waals surface area (Å²) in [6, 6.07) is 39.5. The lowest BCUT2D eigenvalue weighted by Crippen LogP contribution is -2.54. The van der Waals surface area contributed by atoms with Crippen LogP contribution < -0.4 is 41.9 Å². The molecule has 0 amide bonds. The van der Waals surface area contributed by atoms with Crippen molar-refractivity contribution in [3.63, 3.8) is 0 Å². The van der Waals surface area contributed by atoms with Crippen molar-refractivity contribution in [2.75, 3.05) is 22.9 Å². The highest BCUT2D eigenvalue weighted by Gasteiger charge is 2.73. The Labute approximate surface area is 414 Å². The van der Waals surface area contributed by atoms with E-state index < -0.39 is 57.8 Å². The molecule has 0 fully saturated rings. The van der Waals surface area contributed by atoms with Gasteiger partial charge in [0.05, 0.1) is 22.7 Å². The number of anilines is 4. The maximum Gasteiger partial charge on any atom is 0.411 e. The first kappa shape index (κ1) is 53.1. The van der Waals surface area contributed by atoms with Crippen LogP contribution in [0.25, 0.3) is 0 Å². The van der Waals surface area contributed by atoms with E-state index in [0.717, 1.165) is 97.1 Å². The largest absolute Gasteiger partial charge is 0.455 e. The van der Waals surface area contributed by atoms with Crippen molar-refractivity contribution in [1.82, 2.24) is 0 Å². The van der Waals surface area contributed by atoms with Gasteiger partial charge in [0, 0.05) is 0 Å². The molecule has 74 heavy (non-hydrogen) atoms. The van der Waals surface area contributed by atoms with Crippen LogP contribution >= 0.6 is 0 Å². The molecule has 0 bridgehead atoms. The molecule has 0 atom stereocenters. The zero-order valence-corrected chi connectivity index (χ0v) is 38.0. The molecule has 0 aromatic heterocycles. The Hall–Kier alpha value is -8.68. The van der Waals surface area contributed by atoms with Crippen LogP contribution in [0.4, 0.5) is 75.4 Å². The maximum absolute atomic E-state index is 14.4. The van der Waals surface area contributed by atoms with Gasteiger partial charge in [-0.3, -0.25) is 0 Å². The molecule has 0 heterocycles. The Kier molecular flexibility index (Phi) is 14.9. The van der Waals surface area contributed by atoms with Gasteiger partial charge in [-0.25, -0.2) is 0 Å². The standard InChI is InChI=1S/2C27H20F6N2O2/c2*28-26(29,30)25(27(31,32)33,17-9-13-19(14-10-17)36-23-7-3-1-5-21(23)34)18-11-15-20(16-12-18)37-24-8-4-2-6-22(24)35/h2*1-16H,34-35H2. The Morgan fingerprint density at radius 3 is 0.541 bits per heavy atom. The third kappa shape index (κ3) is 10.7. The Balaban J connectivity index is 0.000000216. The van der Waals surface area contributed by atoms with Crippen LogP contribution in [0.2, 0.25) is 0 Å². The quantitative estimate of drug-likeness (QED) is 0.0700. The fourth-order valence-electron chi connectivity index (χ4n) is 7.86. The van der Waals surface area contributed by atoms with Crippen molar-refractivity contribution in [2.45, 2.75) is 35.5 Å². The molecule has 8 aromatic carbocycles. The Bertz CT molecular complexity index is 2740. The van der Waals surface area contributed by atoms with E-state index in [4.69, 9.17) is 41.9 Å². The molecular formula is C54H40F12N4O4. The molecule has 0 radical (unpaired) electrons. The number of alkyl halides is 12. The monoisotopic (exact) mass is 1040 g/mol. The minimum absolute atomic E-state index is 0.0177. The first-order chi connectivity index (χ1) is 34.9. The van der Waals surface area contributed by atoms with Gasteiger partial charge in [-0.05, 0) is 119 Å². The van der Waals surface area contributed by atoms with Gasteiger partial charge in [-0.2, -0.15) is 52.7 Å². The summed E-state index contributed by atoms with van der Waals surface area (Å²) in [7, 11) is 0. The van der Waals surface area contributed by atoms with E-state index in [2.05, 4.69) is 0 Å². The maximum atomic E-state index is 14.4. The van der Waals surface area contributed by atoms with Crippen LogP contribution in [0, 0.1) is 0 Å². The summed E-state index contributed by atoms with van der Waals surface area (Å²) in [6.07, 6.45) is -22.9. The summed E-state index contributed by atoms with van der Waals surface area (Å²) in [6.45, 7) is 0. The molecule has 384 valence electrons. The second-order valence-corrected chi connectivity index (χ2v) is 16.1. The van der Waals surface area contributed by atoms with Crippen LogP contribution in [0.15, 0.2) is 194 Å². The molecular weight excluding hydrogens is 997 g/mol. The third-order valence-corrected chi connectivity index (χ3v) is 11.4. The fourth-order valence-corrected chi connectivity index (χ4v) is 7.86. The number of benzene rings is 8. The van der Waals surface area contributed by atoms with E-state index in [1.165, 1.54) is 24.3 Å². The molecule has 8 nitrogen and oxygen atoms in total. The van der Waals surface area contributed by atoms with E-state index in [1.54, 1.807) is 72.8 Å². The van der Waals surface area contributed by atoms with Gasteiger partial charge >= 0.3 is 24.7 Å². The topological polar surface area (TPSA) is 141 Å². The van der Waals surface area contributed by atoms with Gasteiger partial charge in [-0.1, -0.05) is 97.1 Å². The predicted molar refractivity (Wildman–Crippen MR) is 255 cm³/mol. The zero-order chi connectivity index (χ0) is 53.7. The second-order valence-electron chi connectivity index (χ2n) is 16.1. The van der Waals surface area contributed by atoms with E-state index in [1.807, 2.05) is 0 Å². The van der Waals surface area contributed by atoms with Gasteiger partial charge in [0.2, 0.25) is 10.8 Å². The zero-order valence-electron chi connectivity index (χ0n) is 38.0. The van der Waals surface area contributed by atoms with Crippen LogP contribution in [0.5, 0.6) is 46.0 Å². The predicted octanol–water partition coefficient (Wildman–Crippen LogP) is 15.7. The van der Waals surface area contributed by atoms with E-state index in [-0.39, 0.29) is 68.7 Å². The van der Waals surface area contributed by atoms with Crippen LogP contribution in [-0.4, -0.2) is 24.7 Å². The van der Waals surface area contributed by atoms with Crippen molar-refractivity contribution in [3.8, 4) is 46.0 Å². The highest BCUT2D eigenvalue weighted by Crippen LogP contribution is 2.58. The number of hydrogen-bond acceptors (Lipinski definition) is 8. The van der Waals surface area contributed by atoms with Crippen molar-refractivity contribution in [1.29, 1.82) is 0 Å². The number of hydrogen-bond donors (Lipinski definition) is 4. The SMILES string of the molecule is Nc1ccccc1Oc1ccc(C(c2ccc(Oc3ccccc3N)cc2)(C(F)(F)F)C(F)(F)F)cc1.Nc1ccccc1Oc1ccc(C(c2ccc(Oc3ccccc3N)cc2)(C(F)(F)F)C(F)(F)F)cc1. The summed E-state index contributed by atoms with van der Waals surface area (Å²) in [5.41, 5.74) is 11.4. The molecule has 0 spiro atoms. The van der Waals surface area contributed by atoms with Crippen LogP contribution in [-0.2, 0) is 10.8 Å². The first-order valence-electron chi connectivity index (χ1n) is 21.7. The molecule has 8 N–H and O–H groups in total. The Morgan fingerprint density at radius 1 is 0.230 bits per heavy atom. The van der Waals surface area contributed by atoms with E-state index in [9.17, 15) is 52.7 Å². The number of para-hydroxylation sites is 8. The minimum Gasteiger partial charge on any atom is -0.455 e. The van der Waals surface area contributed by atoms with Gasteiger partial charge < -0.3 is 41.9 Å². The molecule has 0 unspecified atom stereocenters. The molecule has 0 aliphatic heterocycles. The van der Waals surface area contributed by atoms with Crippen molar-refractivity contribution in [3.05, 3.63) is 216 Å². The lowest BCUT2D eigenvalue weighted by Gasteiger charge is -2.38. The third-order valence-electron chi connectivity index (χ3n) is 11.4. The molecule has 8 rings (SSSR count). The number of nitrogen functional groups attached to an aromatic ring is 4. The van der Waals surface area contributed by atoms with Crippen molar-refractivity contribution >= 4 is 22.7 Å². The number of rotatable bonds is 12. The molecule has 0 aliphatic carbocycles. The smallest absolute Gasteiger partial charge is 0.411 e. The molecule has 0 saturated heterocycles. The molecule has 20 heteroatoms. The normalized spacial score (nSPS) is 12.3. The van der Waals surface area contributed by atoms with Gasteiger partial charge in [-0.15, -0.1) is 0 Å². The molecule has 8 aromatic rings. The summed E-state index contributed by atoms with van der Waals surface area (Å²) in [5.74, 6) is 0.914. The van der Waals surface area contributed by atoms with E-state index in [0.29, 0.717) is 0 Å².